The second kappa shape index (κ2) is 10.6. The van der Waals surface area contributed by atoms with Crippen LogP contribution in [-0.4, -0.2) is 110 Å². The summed E-state index contributed by atoms with van der Waals surface area (Å²) in [5.41, 5.74) is 1.33. The fourth-order valence-electron chi connectivity index (χ4n) is 5.14. The number of phenols is 1. The minimum Gasteiger partial charge on any atom is -0.508 e. The number of amidine groups is 1. The van der Waals surface area contributed by atoms with Crippen LogP contribution in [0.4, 0.5) is 10.1 Å². The van der Waals surface area contributed by atoms with Gasteiger partial charge >= 0.3 is 0 Å². The summed E-state index contributed by atoms with van der Waals surface area (Å²) in [6.07, 6.45) is 0. The first kappa shape index (κ1) is 26.6. The summed E-state index contributed by atoms with van der Waals surface area (Å²) in [4.78, 5) is 17.9. The van der Waals surface area contributed by atoms with Crippen molar-refractivity contribution in [1.29, 1.82) is 0 Å². The Bertz CT molecular complexity index is 1400. The van der Waals surface area contributed by atoms with Crippen molar-refractivity contribution in [3.8, 4) is 16.9 Å². The van der Waals surface area contributed by atoms with E-state index in [0.29, 0.717) is 35.7 Å². The Labute approximate surface area is 228 Å². The van der Waals surface area contributed by atoms with Crippen molar-refractivity contribution < 1.29 is 9.50 Å². The number of fused-ring (bicyclic) bond motifs is 1. The summed E-state index contributed by atoms with van der Waals surface area (Å²) in [6, 6.07) is 13.3. The third kappa shape index (κ3) is 4.89. The molecule has 0 saturated carbocycles. The van der Waals surface area contributed by atoms with Gasteiger partial charge in [-0.1, -0.05) is 35.9 Å². The van der Waals surface area contributed by atoms with Crippen LogP contribution in [0.3, 0.4) is 0 Å². The molecule has 3 aromatic rings. The van der Waals surface area contributed by atoms with Crippen LogP contribution in [-0.2, 0) is 0 Å². The standard InChI is InChI=1S/C29H34ClFN6O/c1-32-28-24(29(37-15-20(16-37)35(4)5)33-17-36-13-19(14-36)34(2)3)12-25(30)26(27(28)31)23-11-21(38)10-18-8-6-7-9-22(18)23/h6-12,19-20,38H,1,13-17H2,2-5H3. The lowest BCUT2D eigenvalue weighted by molar-refractivity contribution is 0.0657. The normalized spacial score (nSPS) is 17.4. The number of nitrogens with zero attached hydrogens (tertiary/aromatic N) is 6. The molecule has 0 atom stereocenters. The topological polar surface area (TPSA) is 57.9 Å². The first-order valence-electron chi connectivity index (χ1n) is 12.7. The van der Waals surface area contributed by atoms with E-state index in [9.17, 15) is 5.11 Å². The van der Waals surface area contributed by atoms with Crippen molar-refractivity contribution >= 4 is 40.6 Å². The Morgan fingerprint density at radius 3 is 2.37 bits per heavy atom. The maximum absolute atomic E-state index is 16.3. The molecule has 0 amide bonds. The highest BCUT2D eigenvalue weighted by Crippen LogP contribution is 2.43. The molecule has 5 rings (SSSR count). The summed E-state index contributed by atoms with van der Waals surface area (Å²) < 4.78 is 16.3. The molecule has 0 aliphatic carbocycles. The van der Waals surface area contributed by atoms with E-state index >= 15 is 4.39 Å². The van der Waals surface area contributed by atoms with Crippen molar-refractivity contribution in [3.05, 3.63) is 58.9 Å². The monoisotopic (exact) mass is 536 g/mol. The fourth-order valence-corrected chi connectivity index (χ4v) is 5.44. The van der Waals surface area contributed by atoms with Gasteiger partial charge in [0.25, 0.3) is 0 Å². The molecule has 0 aromatic heterocycles. The Balaban J connectivity index is 1.57. The smallest absolute Gasteiger partial charge is 0.158 e. The van der Waals surface area contributed by atoms with E-state index in [1.54, 1.807) is 12.1 Å². The summed E-state index contributed by atoms with van der Waals surface area (Å²) in [7, 11) is 8.29. The zero-order valence-electron chi connectivity index (χ0n) is 22.3. The van der Waals surface area contributed by atoms with Crippen molar-refractivity contribution in [1.82, 2.24) is 19.6 Å². The number of aromatic hydroxyl groups is 1. The van der Waals surface area contributed by atoms with Gasteiger partial charge in [-0.15, -0.1) is 0 Å². The van der Waals surface area contributed by atoms with E-state index in [2.05, 4.69) is 59.5 Å². The number of hydrogen-bond donors (Lipinski definition) is 1. The van der Waals surface area contributed by atoms with Gasteiger partial charge in [0.15, 0.2) is 5.82 Å². The summed E-state index contributed by atoms with van der Waals surface area (Å²) in [5.74, 6) is 0.133. The predicted molar refractivity (Wildman–Crippen MR) is 155 cm³/mol. The summed E-state index contributed by atoms with van der Waals surface area (Å²) in [6.45, 7) is 7.65. The molecule has 200 valence electrons. The minimum atomic E-state index is -0.577. The SMILES string of the molecule is C=Nc1c(C(=NCN2CC(N(C)C)C2)N2CC(N(C)C)C2)cc(Cl)c(-c2cc(O)cc3ccccc23)c1F. The molecule has 9 heteroatoms. The average molecular weight is 537 g/mol. The quantitative estimate of drug-likeness (QED) is 0.355. The number of aliphatic imine (C=N–C) groups is 2. The number of hydrogen-bond acceptors (Lipinski definition) is 6. The number of phenolic OH excluding ortho intramolecular Hbond substituents is 1. The van der Waals surface area contributed by atoms with E-state index in [1.807, 2.05) is 24.3 Å². The van der Waals surface area contributed by atoms with E-state index in [0.717, 1.165) is 37.0 Å². The lowest BCUT2D eigenvalue weighted by Gasteiger charge is -2.45. The van der Waals surface area contributed by atoms with Crippen molar-refractivity contribution in [2.24, 2.45) is 9.98 Å². The second-order valence-electron chi connectivity index (χ2n) is 10.6. The molecular formula is C29H34ClFN6O. The third-order valence-electron chi connectivity index (χ3n) is 7.69. The maximum atomic E-state index is 16.3. The number of benzene rings is 3. The largest absolute Gasteiger partial charge is 0.508 e. The fraction of sp³-hybridized carbons (Fsp3) is 0.379. The third-order valence-corrected chi connectivity index (χ3v) is 7.99. The predicted octanol–water partition coefficient (Wildman–Crippen LogP) is 4.53. The Hall–Kier alpha value is -3.04. The maximum Gasteiger partial charge on any atom is 0.158 e. The Morgan fingerprint density at radius 2 is 1.71 bits per heavy atom. The van der Waals surface area contributed by atoms with E-state index in [1.165, 1.54) is 6.07 Å². The lowest BCUT2D eigenvalue weighted by Crippen LogP contribution is -2.60. The Kier molecular flexibility index (Phi) is 7.42. The molecule has 38 heavy (non-hydrogen) atoms. The molecule has 2 heterocycles. The van der Waals surface area contributed by atoms with E-state index < -0.39 is 5.82 Å². The van der Waals surface area contributed by atoms with Crippen LogP contribution in [0.1, 0.15) is 5.56 Å². The highest BCUT2D eigenvalue weighted by Gasteiger charge is 2.34. The number of likely N-dealkylation sites (tertiary alicyclic amines) is 2. The molecule has 3 aromatic carbocycles. The first-order valence-corrected chi connectivity index (χ1v) is 13.1. The van der Waals surface area contributed by atoms with Crippen molar-refractivity contribution in [2.75, 3.05) is 61.0 Å². The molecule has 0 spiro atoms. The molecule has 2 aliphatic heterocycles. The van der Waals surface area contributed by atoms with Gasteiger partial charge in [0.2, 0.25) is 0 Å². The van der Waals surface area contributed by atoms with Gasteiger partial charge in [0.05, 0.1) is 11.7 Å². The van der Waals surface area contributed by atoms with Crippen LogP contribution in [0, 0.1) is 5.82 Å². The Morgan fingerprint density at radius 1 is 1.05 bits per heavy atom. The molecule has 0 bridgehead atoms. The van der Waals surface area contributed by atoms with Gasteiger partial charge in [-0.3, -0.25) is 14.9 Å². The molecule has 1 N–H and O–H groups in total. The van der Waals surface area contributed by atoms with Crippen molar-refractivity contribution in [2.45, 2.75) is 12.1 Å². The molecule has 2 fully saturated rings. The van der Waals surface area contributed by atoms with Gasteiger partial charge in [-0.25, -0.2) is 4.39 Å². The van der Waals surface area contributed by atoms with E-state index in [4.69, 9.17) is 16.6 Å². The van der Waals surface area contributed by atoms with E-state index in [-0.39, 0.29) is 22.0 Å². The van der Waals surface area contributed by atoms with Crippen LogP contribution in [0.15, 0.2) is 52.4 Å². The number of likely N-dealkylation sites (N-methyl/N-ethyl adjacent to an activating group) is 2. The average Bonchev–Trinajstić information content (AvgIpc) is 2.80. The van der Waals surface area contributed by atoms with Gasteiger partial charge < -0.3 is 19.8 Å². The molecule has 7 nitrogen and oxygen atoms in total. The minimum absolute atomic E-state index is 0.0366. The van der Waals surface area contributed by atoms with Crippen LogP contribution >= 0.6 is 11.6 Å². The molecule has 0 unspecified atom stereocenters. The first-order chi connectivity index (χ1) is 18.2. The highest BCUT2D eigenvalue weighted by molar-refractivity contribution is 6.34. The van der Waals surface area contributed by atoms with Crippen LogP contribution < -0.4 is 0 Å². The zero-order chi connectivity index (χ0) is 27.1. The second-order valence-corrected chi connectivity index (χ2v) is 11.0. The molecular weight excluding hydrogens is 503 g/mol. The summed E-state index contributed by atoms with van der Waals surface area (Å²) in [5, 5.41) is 12.2. The molecule has 0 radical (unpaired) electrons. The van der Waals surface area contributed by atoms with Crippen molar-refractivity contribution in [3.63, 3.8) is 0 Å². The number of halogens is 2. The van der Waals surface area contributed by atoms with Gasteiger partial charge in [0, 0.05) is 49.4 Å². The highest BCUT2D eigenvalue weighted by atomic mass is 35.5. The zero-order valence-corrected chi connectivity index (χ0v) is 23.1. The molecule has 2 aliphatic rings. The van der Waals surface area contributed by atoms with Gasteiger partial charge in [0.1, 0.15) is 17.3 Å². The van der Waals surface area contributed by atoms with Crippen LogP contribution in [0.2, 0.25) is 5.02 Å². The van der Waals surface area contributed by atoms with Gasteiger partial charge in [-0.05, 0) is 69.4 Å². The summed E-state index contributed by atoms with van der Waals surface area (Å²) >= 11 is 6.81. The molecule has 2 saturated heterocycles. The lowest BCUT2D eigenvalue weighted by atomic mass is 9.94. The number of rotatable bonds is 7. The van der Waals surface area contributed by atoms with Crippen LogP contribution in [0.5, 0.6) is 5.75 Å². The van der Waals surface area contributed by atoms with Gasteiger partial charge in [-0.2, -0.15) is 0 Å². The van der Waals surface area contributed by atoms with Crippen LogP contribution in [0.25, 0.3) is 21.9 Å².